The summed E-state index contributed by atoms with van der Waals surface area (Å²) < 4.78 is 0. The summed E-state index contributed by atoms with van der Waals surface area (Å²) in [6.07, 6.45) is 11.2. The van der Waals surface area contributed by atoms with Crippen molar-refractivity contribution < 1.29 is 4.79 Å². The number of carbonyl (C=O) groups is 1. The highest BCUT2D eigenvalue weighted by Gasteiger charge is 1.97. The smallest absolute Gasteiger partial charge is 0.243 e. The third-order valence-electron chi connectivity index (χ3n) is 3.72. The van der Waals surface area contributed by atoms with Crippen molar-refractivity contribution in [2.24, 2.45) is 0 Å². The molecule has 0 fully saturated rings. The van der Waals surface area contributed by atoms with Crippen LogP contribution in [0.15, 0.2) is 36.9 Å². The molecule has 0 aliphatic carbocycles. The summed E-state index contributed by atoms with van der Waals surface area (Å²) in [5, 5.41) is 2.80. The molecule has 0 saturated heterocycles. The summed E-state index contributed by atoms with van der Waals surface area (Å²) in [5.74, 6) is -0.0894. The number of nitrogens with one attached hydrogen (secondary N) is 1. The third kappa shape index (κ3) is 8.34. The van der Waals surface area contributed by atoms with Gasteiger partial charge in [-0.1, -0.05) is 63.5 Å². The molecule has 1 aromatic rings. The topological polar surface area (TPSA) is 29.1 Å². The second-order valence-electron chi connectivity index (χ2n) is 5.58. The summed E-state index contributed by atoms with van der Waals surface area (Å²) in [7, 11) is 0. The molecule has 0 unspecified atom stereocenters. The molecule has 0 bridgehead atoms. The minimum absolute atomic E-state index is 0.0894. The Bertz CT molecular complexity index is 408. The highest BCUT2D eigenvalue weighted by atomic mass is 16.1. The molecule has 0 aliphatic heterocycles. The van der Waals surface area contributed by atoms with Gasteiger partial charge < -0.3 is 5.32 Å². The summed E-state index contributed by atoms with van der Waals surface area (Å²) in [6.45, 7) is 6.40. The van der Waals surface area contributed by atoms with Gasteiger partial charge >= 0.3 is 0 Å². The highest BCUT2D eigenvalue weighted by Crippen LogP contribution is 2.11. The number of benzene rings is 1. The Labute approximate surface area is 129 Å². The van der Waals surface area contributed by atoms with Crippen LogP contribution in [0.1, 0.15) is 56.6 Å². The van der Waals surface area contributed by atoms with Gasteiger partial charge in [-0.3, -0.25) is 4.79 Å². The van der Waals surface area contributed by atoms with E-state index in [1.165, 1.54) is 55.7 Å². The van der Waals surface area contributed by atoms with Crippen molar-refractivity contribution in [1.29, 1.82) is 0 Å². The molecule has 0 aromatic heterocycles. The lowest BCUT2D eigenvalue weighted by Gasteiger charge is -2.05. The van der Waals surface area contributed by atoms with Gasteiger partial charge in [0.15, 0.2) is 0 Å². The molecule has 1 rings (SSSR count). The maximum Gasteiger partial charge on any atom is 0.243 e. The monoisotopic (exact) mass is 287 g/mol. The van der Waals surface area contributed by atoms with Gasteiger partial charge in [0.05, 0.1) is 0 Å². The number of carbonyl (C=O) groups excluding carboxylic acids is 1. The molecule has 0 radical (unpaired) electrons. The average molecular weight is 287 g/mol. The fourth-order valence-electron chi connectivity index (χ4n) is 2.38. The van der Waals surface area contributed by atoms with Crippen LogP contribution in [0.4, 0.5) is 0 Å². The van der Waals surface area contributed by atoms with Gasteiger partial charge in [0.25, 0.3) is 0 Å². The second kappa shape index (κ2) is 11.1. The SMILES string of the molecule is C=CC(=O)NCCCc1ccc(CCCCCCC)cc1. The van der Waals surface area contributed by atoms with Crippen LogP contribution in [-0.2, 0) is 17.6 Å². The lowest BCUT2D eigenvalue weighted by Crippen LogP contribution is -2.22. The molecule has 1 aromatic carbocycles. The minimum atomic E-state index is -0.0894. The van der Waals surface area contributed by atoms with Gasteiger partial charge in [0.2, 0.25) is 5.91 Å². The molecule has 0 atom stereocenters. The number of unbranched alkanes of at least 4 members (excludes halogenated alkanes) is 4. The molecule has 0 saturated carbocycles. The number of hydrogen-bond donors (Lipinski definition) is 1. The maximum absolute atomic E-state index is 11.0. The minimum Gasteiger partial charge on any atom is -0.353 e. The highest BCUT2D eigenvalue weighted by molar-refractivity contribution is 5.86. The molecule has 116 valence electrons. The van der Waals surface area contributed by atoms with E-state index >= 15 is 0 Å². The van der Waals surface area contributed by atoms with Crippen molar-refractivity contribution in [3.63, 3.8) is 0 Å². The lowest BCUT2D eigenvalue weighted by atomic mass is 10.0. The van der Waals surface area contributed by atoms with Gasteiger partial charge in [0, 0.05) is 6.54 Å². The zero-order chi connectivity index (χ0) is 15.3. The summed E-state index contributed by atoms with van der Waals surface area (Å²) in [4.78, 5) is 11.0. The van der Waals surface area contributed by atoms with Gasteiger partial charge in [-0.25, -0.2) is 0 Å². The Morgan fingerprint density at radius 3 is 2.14 bits per heavy atom. The maximum atomic E-state index is 11.0. The van der Waals surface area contributed by atoms with E-state index in [1.54, 1.807) is 0 Å². The normalized spacial score (nSPS) is 10.3. The summed E-state index contributed by atoms with van der Waals surface area (Å²) in [6, 6.07) is 8.93. The van der Waals surface area contributed by atoms with E-state index in [9.17, 15) is 4.79 Å². The standard InChI is InChI=1S/C19H29NO/c1-3-5-6-7-8-10-17-12-14-18(15-13-17)11-9-16-20-19(21)4-2/h4,12-15H,2-3,5-11,16H2,1H3,(H,20,21). The van der Waals surface area contributed by atoms with Crippen molar-refractivity contribution in [3.8, 4) is 0 Å². The Hall–Kier alpha value is -1.57. The first-order chi connectivity index (χ1) is 10.3. The van der Waals surface area contributed by atoms with Crippen molar-refractivity contribution in [2.75, 3.05) is 6.54 Å². The first-order valence-corrected chi connectivity index (χ1v) is 8.24. The van der Waals surface area contributed by atoms with Crippen LogP contribution in [-0.4, -0.2) is 12.5 Å². The molecular formula is C19H29NO. The van der Waals surface area contributed by atoms with Gasteiger partial charge in [-0.2, -0.15) is 0 Å². The molecule has 2 nitrogen and oxygen atoms in total. The van der Waals surface area contributed by atoms with E-state index in [-0.39, 0.29) is 5.91 Å². The van der Waals surface area contributed by atoms with Crippen LogP contribution in [0.5, 0.6) is 0 Å². The molecular weight excluding hydrogens is 258 g/mol. The quantitative estimate of drug-likeness (QED) is 0.473. The number of rotatable bonds is 11. The Morgan fingerprint density at radius 2 is 1.57 bits per heavy atom. The van der Waals surface area contributed by atoms with E-state index < -0.39 is 0 Å². The molecule has 0 aliphatic rings. The van der Waals surface area contributed by atoms with E-state index in [2.05, 4.69) is 43.1 Å². The van der Waals surface area contributed by atoms with Crippen LogP contribution in [0, 0.1) is 0 Å². The van der Waals surface area contributed by atoms with Crippen LogP contribution in [0.3, 0.4) is 0 Å². The Balaban J connectivity index is 2.17. The Morgan fingerprint density at radius 1 is 1.00 bits per heavy atom. The van der Waals surface area contributed by atoms with Gasteiger partial charge in [0.1, 0.15) is 0 Å². The Kier molecular flexibility index (Phi) is 9.26. The molecule has 0 heterocycles. The van der Waals surface area contributed by atoms with Crippen molar-refractivity contribution in [1.82, 2.24) is 5.32 Å². The zero-order valence-corrected chi connectivity index (χ0v) is 13.4. The van der Waals surface area contributed by atoms with Crippen LogP contribution >= 0.6 is 0 Å². The van der Waals surface area contributed by atoms with E-state index in [1.807, 2.05) is 0 Å². The molecule has 21 heavy (non-hydrogen) atoms. The van der Waals surface area contributed by atoms with Crippen LogP contribution in [0.25, 0.3) is 0 Å². The first kappa shape index (κ1) is 17.5. The van der Waals surface area contributed by atoms with Crippen LogP contribution < -0.4 is 5.32 Å². The first-order valence-electron chi connectivity index (χ1n) is 8.24. The van der Waals surface area contributed by atoms with Gasteiger partial charge in [-0.15, -0.1) is 0 Å². The fourth-order valence-corrected chi connectivity index (χ4v) is 2.38. The zero-order valence-electron chi connectivity index (χ0n) is 13.4. The number of aryl methyl sites for hydroxylation is 2. The average Bonchev–Trinajstić information content (AvgIpc) is 2.52. The van der Waals surface area contributed by atoms with E-state index in [4.69, 9.17) is 0 Å². The molecule has 2 heteroatoms. The van der Waals surface area contributed by atoms with Crippen molar-refractivity contribution >= 4 is 5.91 Å². The largest absolute Gasteiger partial charge is 0.353 e. The van der Waals surface area contributed by atoms with Crippen molar-refractivity contribution in [2.45, 2.75) is 58.3 Å². The third-order valence-corrected chi connectivity index (χ3v) is 3.72. The predicted octanol–water partition coefficient (Wildman–Crippen LogP) is 4.43. The molecule has 1 N–H and O–H groups in total. The van der Waals surface area contributed by atoms with E-state index in [0.29, 0.717) is 6.54 Å². The summed E-state index contributed by atoms with van der Waals surface area (Å²) >= 11 is 0. The number of hydrogen-bond acceptors (Lipinski definition) is 1. The van der Waals surface area contributed by atoms with Gasteiger partial charge in [-0.05, 0) is 42.9 Å². The summed E-state index contributed by atoms with van der Waals surface area (Å²) in [5.41, 5.74) is 2.78. The predicted molar refractivity (Wildman–Crippen MR) is 90.4 cm³/mol. The van der Waals surface area contributed by atoms with E-state index in [0.717, 1.165) is 12.8 Å². The molecule has 0 spiro atoms. The van der Waals surface area contributed by atoms with Crippen molar-refractivity contribution in [3.05, 3.63) is 48.0 Å². The fraction of sp³-hybridized carbons (Fsp3) is 0.526. The molecule has 1 amide bonds. The second-order valence-corrected chi connectivity index (χ2v) is 5.58. The number of amides is 1. The van der Waals surface area contributed by atoms with Crippen LogP contribution in [0.2, 0.25) is 0 Å². The lowest BCUT2D eigenvalue weighted by molar-refractivity contribution is -0.116.